The highest BCUT2D eigenvalue weighted by Gasteiger charge is 2.36. The molecule has 0 fully saturated rings. The molecule has 1 aliphatic carbocycles. The maximum absolute atomic E-state index is 5.27. The van der Waals surface area contributed by atoms with Crippen molar-refractivity contribution in [2.45, 2.75) is 19.3 Å². The molecule has 0 N–H and O–H groups in total. The summed E-state index contributed by atoms with van der Waals surface area (Å²) in [6.07, 6.45) is 3.70. The predicted molar refractivity (Wildman–Crippen MR) is 245 cm³/mol. The first kappa shape index (κ1) is 34.7. The van der Waals surface area contributed by atoms with E-state index in [0.717, 1.165) is 50.0 Å². The van der Waals surface area contributed by atoms with Gasteiger partial charge in [0.1, 0.15) is 0 Å². The maximum atomic E-state index is 5.27. The Bertz CT molecular complexity index is 3220. The Morgan fingerprint density at radius 3 is 1.78 bits per heavy atom. The van der Waals surface area contributed by atoms with Crippen molar-refractivity contribution in [3.8, 4) is 78.4 Å². The van der Waals surface area contributed by atoms with Gasteiger partial charge in [-0.1, -0.05) is 172 Å². The molecule has 2 aromatic heterocycles. The zero-order valence-corrected chi connectivity index (χ0v) is 32.9. The molecule has 1 aliphatic rings. The van der Waals surface area contributed by atoms with Gasteiger partial charge in [0.2, 0.25) is 0 Å². The number of hydrogen-bond donors (Lipinski definition) is 0. The van der Waals surface area contributed by atoms with Crippen molar-refractivity contribution >= 4 is 21.5 Å². The van der Waals surface area contributed by atoms with Gasteiger partial charge in [-0.25, -0.2) is 9.97 Å². The van der Waals surface area contributed by atoms with E-state index in [1.54, 1.807) is 6.20 Å². The second-order valence-corrected chi connectivity index (χ2v) is 16.0. The quantitative estimate of drug-likeness (QED) is 0.170. The molecule has 0 saturated carbocycles. The van der Waals surface area contributed by atoms with Gasteiger partial charge in [-0.15, -0.1) is 0 Å². The molecule has 0 radical (unpaired) electrons. The highest BCUT2D eigenvalue weighted by molar-refractivity contribution is 6.05. The zero-order valence-electron chi connectivity index (χ0n) is 32.9. The highest BCUT2D eigenvalue weighted by atomic mass is 14.9. The fraction of sp³-hybridized carbons (Fsp3) is 0.0536. The lowest BCUT2D eigenvalue weighted by Crippen LogP contribution is -2.15. The SMILES string of the molecule is CC1(C)c2cc(-c3ccc(-c4ccc(-c5nc(-c6ccccc6)cc(-c6cccc(-c7cccnc7)c6)n5)c5ccccc45)cc3)ccc2-c2c1ccc1ccccc21. The summed E-state index contributed by atoms with van der Waals surface area (Å²) in [7, 11) is 0. The molecular weight excluding hydrogens is 715 g/mol. The Kier molecular flexibility index (Phi) is 8.16. The molecule has 2 heterocycles. The van der Waals surface area contributed by atoms with Crippen LogP contribution < -0.4 is 0 Å². The number of hydrogen-bond acceptors (Lipinski definition) is 3. The minimum absolute atomic E-state index is 0.0830. The Balaban J connectivity index is 0.974. The van der Waals surface area contributed by atoms with E-state index in [2.05, 4.69) is 195 Å². The summed E-state index contributed by atoms with van der Waals surface area (Å²) < 4.78 is 0. The summed E-state index contributed by atoms with van der Waals surface area (Å²) in [5, 5.41) is 4.89. The van der Waals surface area contributed by atoms with Crippen molar-refractivity contribution in [1.29, 1.82) is 0 Å². The second kappa shape index (κ2) is 13.9. The molecule has 0 saturated heterocycles. The van der Waals surface area contributed by atoms with Gasteiger partial charge in [-0.05, 0) is 102 Å². The molecular formula is C56H39N3. The van der Waals surface area contributed by atoms with E-state index in [1.165, 1.54) is 55.3 Å². The summed E-state index contributed by atoms with van der Waals surface area (Å²) >= 11 is 0. The fourth-order valence-corrected chi connectivity index (χ4v) is 9.14. The van der Waals surface area contributed by atoms with E-state index < -0.39 is 0 Å². The lowest BCUT2D eigenvalue weighted by atomic mass is 9.81. The smallest absolute Gasteiger partial charge is 0.161 e. The first-order valence-corrected chi connectivity index (χ1v) is 20.2. The van der Waals surface area contributed by atoms with Crippen LogP contribution >= 0.6 is 0 Å². The maximum Gasteiger partial charge on any atom is 0.161 e. The van der Waals surface area contributed by atoms with Crippen LogP contribution in [-0.2, 0) is 5.41 Å². The normalized spacial score (nSPS) is 12.7. The average Bonchev–Trinajstić information content (AvgIpc) is 3.54. The molecule has 10 aromatic rings. The van der Waals surface area contributed by atoms with Crippen LogP contribution in [0.2, 0.25) is 0 Å². The lowest BCUT2D eigenvalue weighted by molar-refractivity contribution is 0.661. The van der Waals surface area contributed by atoms with Crippen molar-refractivity contribution in [1.82, 2.24) is 15.0 Å². The number of fused-ring (bicyclic) bond motifs is 6. The van der Waals surface area contributed by atoms with Gasteiger partial charge in [0.15, 0.2) is 5.82 Å². The van der Waals surface area contributed by atoms with Gasteiger partial charge in [-0.3, -0.25) is 4.98 Å². The fourth-order valence-electron chi connectivity index (χ4n) is 9.14. The summed E-state index contributed by atoms with van der Waals surface area (Å²) in [5.74, 6) is 0.695. The van der Waals surface area contributed by atoms with Crippen LogP contribution in [0.4, 0.5) is 0 Å². The number of rotatable bonds is 6. The largest absolute Gasteiger partial charge is 0.264 e. The van der Waals surface area contributed by atoms with Gasteiger partial charge in [0, 0.05) is 40.1 Å². The first-order valence-electron chi connectivity index (χ1n) is 20.2. The Morgan fingerprint density at radius 2 is 0.983 bits per heavy atom. The molecule has 11 rings (SSSR count). The van der Waals surface area contributed by atoms with Crippen LogP contribution in [0.15, 0.2) is 200 Å². The van der Waals surface area contributed by atoms with Crippen LogP contribution in [0.1, 0.15) is 25.0 Å². The molecule has 0 spiro atoms. The molecule has 0 amide bonds. The van der Waals surface area contributed by atoms with Crippen molar-refractivity contribution < 1.29 is 0 Å². The van der Waals surface area contributed by atoms with E-state index in [1.807, 2.05) is 18.3 Å². The monoisotopic (exact) mass is 753 g/mol. The van der Waals surface area contributed by atoms with E-state index in [9.17, 15) is 0 Å². The molecule has 59 heavy (non-hydrogen) atoms. The van der Waals surface area contributed by atoms with E-state index >= 15 is 0 Å². The predicted octanol–water partition coefficient (Wildman–Crippen LogP) is 14.5. The van der Waals surface area contributed by atoms with Crippen LogP contribution in [-0.4, -0.2) is 15.0 Å². The van der Waals surface area contributed by atoms with Gasteiger partial charge >= 0.3 is 0 Å². The topological polar surface area (TPSA) is 38.7 Å². The molecule has 278 valence electrons. The Hall–Kier alpha value is -7.49. The first-order chi connectivity index (χ1) is 29.0. The molecule has 3 heteroatoms. The van der Waals surface area contributed by atoms with Crippen LogP contribution in [0.25, 0.3) is 100.0 Å². The van der Waals surface area contributed by atoms with Crippen LogP contribution in [0.5, 0.6) is 0 Å². The number of nitrogens with zero attached hydrogens (tertiary/aromatic N) is 3. The molecule has 8 aromatic carbocycles. The lowest BCUT2D eigenvalue weighted by Gasteiger charge is -2.22. The molecule has 3 nitrogen and oxygen atoms in total. The van der Waals surface area contributed by atoms with Gasteiger partial charge in [0.05, 0.1) is 11.4 Å². The summed E-state index contributed by atoms with van der Waals surface area (Å²) in [4.78, 5) is 14.8. The van der Waals surface area contributed by atoms with E-state index in [0.29, 0.717) is 5.82 Å². The average molecular weight is 754 g/mol. The summed E-state index contributed by atoms with van der Waals surface area (Å²) in [6.45, 7) is 4.72. The minimum Gasteiger partial charge on any atom is -0.264 e. The van der Waals surface area contributed by atoms with E-state index in [-0.39, 0.29) is 5.41 Å². The standard InChI is InChI=1S/C56H39N3/c1-56(2)50-30-26-37-12-6-7-18-45(37)54(50)49-27-25-41(33-51(49)56)36-21-23-38(24-22-36)44-28-29-48(47-20-9-8-19-46(44)47)55-58-52(39-13-4-3-5-14-39)34-53(59-55)42-16-10-15-40(32-42)43-17-11-31-57-35-43/h3-35H,1-2H3. The van der Waals surface area contributed by atoms with E-state index in [4.69, 9.17) is 9.97 Å². The Morgan fingerprint density at radius 1 is 0.373 bits per heavy atom. The third-order valence-corrected chi connectivity index (χ3v) is 12.2. The molecule has 0 atom stereocenters. The van der Waals surface area contributed by atoms with Crippen molar-refractivity contribution in [2.24, 2.45) is 0 Å². The number of pyridine rings is 1. The highest BCUT2D eigenvalue weighted by Crippen LogP contribution is 2.52. The Labute approximate surface area is 344 Å². The van der Waals surface area contributed by atoms with Crippen LogP contribution in [0, 0.1) is 0 Å². The van der Waals surface area contributed by atoms with Crippen molar-refractivity contribution in [3.63, 3.8) is 0 Å². The van der Waals surface area contributed by atoms with Crippen molar-refractivity contribution in [2.75, 3.05) is 0 Å². The zero-order chi connectivity index (χ0) is 39.5. The molecule has 0 aliphatic heterocycles. The van der Waals surface area contributed by atoms with Crippen LogP contribution in [0.3, 0.4) is 0 Å². The summed E-state index contributed by atoms with van der Waals surface area (Å²) in [6, 6.07) is 67.5. The van der Waals surface area contributed by atoms with Gasteiger partial charge in [-0.2, -0.15) is 0 Å². The number of aromatic nitrogens is 3. The van der Waals surface area contributed by atoms with Gasteiger partial charge < -0.3 is 0 Å². The molecule has 0 bridgehead atoms. The second-order valence-electron chi connectivity index (χ2n) is 16.0. The van der Waals surface area contributed by atoms with Crippen molar-refractivity contribution in [3.05, 3.63) is 212 Å². The third kappa shape index (κ3) is 5.94. The molecule has 0 unspecified atom stereocenters. The third-order valence-electron chi connectivity index (χ3n) is 12.2. The minimum atomic E-state index is -0.0830. The van der Waals surface area contributed by atoms with Gasteiger partial charge in [0.25, 0.3) is 0 Å². The number of benzene rings is 8. The summed E-state index contributed by atoms with van der Waals surface area (Å²) in [5.41, 5.74) is 17.2.